The lowest BCUT2D eigenvalue weighted by molar-refractivity contribution is -0.497. The van der Waals surface area contributed by atoms with Crippen LogP contribution in [0.25, 0.3) is 0 Å². The summed E-state index contributed by atoms with van der Waals surface area (Å²) in [5.74, 6) is 6.23. The van der Waals surface area contributed by atoms with Crippen LogP contribution in [-0.2, 0) is 9.78 Å². The van der Waals surface area contributed by atoms with Crippen LogP contribution in [-0.4, -0.2) is 22.4 Å². The molecule has 7 rings (SSSR count). The highest BCUT2D eigenvalue weighted by Gasteiger charge is 2.74. The van der Waals surface area contributed by atoms with Crippen LogP contribution in [0, 0.1) is 58.2 Å². The van der Waals surface area contributed by atoms with Gasteiger partial charge in [-0.1, -0.05) is 47.6 Å². The molecule has 3 heteroatoms. The predicted octanol–water partition coefficient (Wildman–Crippen LogP) is 6.55. The number of hydrogen-bond acceptors (Lipinski definition) is 3. The number of rotatable bonds is 4. The van der Waals surface area contributed by atoms with E-state index in [1.807, 2.05) is 0 Å². The summed E-state index contributed by atoms with van der Waals surface area (Å²) in [7, 11) is 0. The Morgan fingerprint density at radius 3 is 2.34 bits per heavy atom. The molecule has 2 bridgehead atoms. The third-order valence-electron chi connectivity index (χ3n) is 12.6. The van der Waals surface area contributed by atoms with Gasteiger partial charge in [-0.15, -0.1) is 0 Å². The van der Waals surface area contributed by atoms with E-state index in [1.165, 1.54) is 32.1 Å². The minimum atomic E-state index is -0.426. The molecule has 0 aromatic rings. The molecule has 7 aliphatic rings. The highest BCUT2D eigenvalue weighted by molar-refractivity contribution is 5.33. The van der Waals surface area contributed by atoms with Gasteiger partial charge in [-0.05, 0) is 91.9 Å². The summed E-state index contributed by atoms with van der Waals surface area (Å²) in [4.78, 5) is 12.9. The number of fused-ring (bicyclic) bond motifs is 2. The minimum absolute atomic E-state index is 0.0819. The van der Waals surface area contributed by atoms with Gasteiger partial charge in [0.15, 0.2) is 0 Å². The van der Waals surface area contributed by atoms with E-state index < -0.39 is 5.60 Å². The van der Waals surface area contributed by atoms with Crippen LogP contribution < -0.4 is 0 Å². The summed E-state index contributed by atoms with van der Waals surface area (Å²) in [6.07, 6.45) is 13.8. The van der Waals surface area contributed by atoms with Gasteiger partial charge in [0, 0.05) is 23.7 Å². The van der Waals surface area contributed by atoms with Crippen molar-refractivity contribution in [1.29, 1.82) is 0 Å². The first-order chi connectivity index (χ1) is 15.1. The van der Waals surface area contributed by atoms with E-state index in [0.29, 0.717) is 23.7 Å². The van der Waals surface area contributed by atoms with Gasteiger partial charge in [-0.2, -0.15) is 0 Å². The van der Waals surface area contributed by atoms with E-state index in [2.05, 4.69) is 53.7 Å². The monoisotopic (exact) mass is 442 g/mol. The zero-order chi connectivity index (χ0) is 22.7. The molecule has 1 N–H and O–H groups in total. The molecule has 0 amide bonds. The van der Waals surface area contributed by atoms with Gasteiger partial charge in [0.25, 0.3) is 0 Å². The quantitative estimate of drug-likeness (QED) is 0.396. The lowest BCUT2D eigenvalue weighted by Gasteiger charge is -2.69. The Kier molecular flexibility index (Phi) is 4.73. The maximum atomic E-state index is 10.4. The van der Waals surface area contributed by atoms with E-state index in [0.717, 1.165) is 48.3 Å². The van der Waals surface area contributed by atoms with Crippen molar-refractivity contribution in [2.24, 2.45) is 58.2 Å². The summed E-state index contributed by atoms with van der Waals surface area (Å²) in [5.41, 5.74) is -0.253. The molecular weight excluding hydrogens is 396 g/mol. The standard InChI is InChI=1S/C29H46O3/c1-17(2)18(3)21-15-22(21)19(4)23-7-8-24-26(23,5)11-10-25-27(6)12-9-20(30)16-28(27)13-14-29(24,25)32-31-28/h13-14,17-25,30H,7-12,15-16H2,1-6H3/t18-,19-,20+,21-,22-,23?,24?,25?,26-,27-,28-,29+/m1/s1. The SMILES string of the molecule is CC(C)[C@@H](C)[C@H]1C[C@@H]1[C@@H](C)C1CCC2[C@]1(C)CCC1[C@]23C=C[C@]2(C[C@@H](O)CC[C@]12C)OO3. The fourth-order valence-corrected chi connectivity index (χ4v) is 10.2. The van der Waals surface area contributed by atoms with Crippen molar-refractivity contribution in [3.8, 4) is 0 Å². The van der Waals surface area contributed by atoms with Crippen molar-refractivity contribution in [2.45, 2.75) is 110 Å². The molecule has 3 unspecified atom stereocenters. The molecule has 0 aromatic carbocycles. The van der Waals surface area contributed by atoms with E-state index in [9.17, 15) is 5.11 Å². The normalized spacial score (nSPS) is 57.6. The van der Waals surface area contributed by atoms with Gasteiger partial charge < -0.3 is 5.11 Å². The third kappa shape index (κ3) is 2.60. The van der Waals surface area contributed by atoms with Crippen molar-refractivity contribution in [1.82, 2.24) is 0 Å². The largest absolute Gasteiger partial charge is 0.393 e. The zero-order valence-electron chi connectivity index (χ0n) is 21.3. The minimum Gasteiger partial charge on any atom is -0.393 e. The molecule has 12 atom stereocenters. The maximum Gasteiger partial charge on any atom is 0.130 e. The number of aliphatic hydroxyl groups is 1. The van der Waals surface area contributed by atoms with E-state index in [-0.39, 0.29) is 17.1 Å². The van der Waals surface area contributed by atoms with Gasteiger partial charge in [0.05, 0.1) is 6.10 Å². The van der Waals surface area contributed by atoms with Gasteiger partial charge in [0.2, 0.25) is 0 Å². The molecule has 3 nitrogen and oxygen atoms in total. The van der Waals surface area contributed by atoms with Crippen LogP contribution in [0.4, 0.5) is 0 Å². The lowest BCUT2D eigenvalue weighted by atomic mass is 9.42. The summed E-state index contributed by atoms with van der Waals surface area (Å²) in [6, 6.07) is 0. The molecule has 2 spiro atoms. The molecule has 1 saturated heterocycles. The number of hydrogen-bond donors (Lipinski definition) is 1. The lowest BCUT2D eigenvalue weighted by Crippen LogP contribution is -2.73. The van der Waals surface area contributed by atoms with Crippen LogP contribution in [0.15, 0.2) is 12.2 Å². The molecule has 5 fully saturated rings. The smallest absolute Gasteiger partial charge is 0.130 e. The molecule has 2 aliphatic heterocycles. The fraction of sp³-hybridized carbons (Fsp3) is 0.931. The average molecular weight is 443 g/mol. The first kappa shape index (κ1) is 22.1. The molecule has 4 saturated carbocycles. The summed E-state index contributed by atoms with van der Waals surface area (Å²) >= 11 is 0. The van der Waals surface area contributed by atoms with Crippen LogP contribution in [0.2, 0.25) is 0 Å². The van der Waals surface area contributed by atoms with Gasteiger partial charge in [-0.3, -0.25) is 0 Å². The molecule has 0 aromatic heterocycles. The van der Waals surface area contributed by atoms with Crippen molar-refractivity contribution in [3.05, 3.63) is 12.2 Å². The fourth-order valence-electron chi connectivity index (χ4n) is 10.2. The maximum absolute atomic E-state index is 10.4. The zero-order valence-corrected chi connectivity index (χ0v) is 21.3. The Morgan fingerprint density at radius 1 is 0.875 bits per heavy atom. The van der Waals surface area contributed by atoms with Crippen molar-refractivity contribution < 1.29 is 14.9 Å². The van der Waals surface area contributed by atoms with E-state index >= 15 is 0 Å². The molecule has 5 aliphatic carbocycles. The summed E-state index contributed by atoms with van der Waals surface area (Å²) < 4.78 is 0. The van der Waals surface area contributed by atoms with E-state index in [1.54, 1.807) is 0 Å². The van der Waals surface area contributed by atoms with Crippen LogP contribution in [0.3, 0.4) is 0 Å². The topological polar surface area (TPSA) is 38.7 Å². The Labute approximate surface area is 195 Å². The second-order valence-corrected chi connectivity index (χ2v) is 13.9. The van der Waals surface area contributed by atoms with Crippen LogP contribution >= 0.6 is 0 Å². The first-order valence-corrected chi connectivity index (χ1v) is 13.8. The second-order valence-electron chi connectivity index (χ2n) is 13.9. The Morgan fingerprint density at radius 2 is 1.66 bits per heavy atom. The van der Waals surface area contributed by atoms with E-state index in [4.69, 9.17) is 9.78 Å². The van der Waals surface area contributed by atoms with Crippen molar-refractivity contribution in [2.75, 3.05) is 0 Å². The second kappa shape index (κ2) is 6.85. The molecular formula is C29H46O3. The Bertz CT molecular complexity index is 806. The first-order valence-electron chi connectivity index (χ1n) is 13.8. The van der Waals surface area contributed by atoms with Crippen LogP contribution in [0.5, 0.6) is 0 Å². The average Bonchev–Trinajstić information content (AvgIpc) is 3.47. The molecule has 180 valence electrons. The highest BCUT2D eigenvalue weighted by Crippen LogP contribution is 2.73. The molecule has 2 heterocycles. The predicted molar refractivity (Wildman–Crippen MR) is 127 cm³/mol. The Hall–Kier alpha value is -0.380. The van der Waals surface area contributed by atoms with Crippen molar-refractivity contribution >= 4 is 0 Å². The van der Waals surface area contributed by atoms with Gasteiger partial charge in [-0.25, -0.2) is 9.78 Å². The highest BCUT2D eigenvalue weighted by atomic mass is 17.2. The summed E-state index contributed by atoms with van der Waals surface area (Å²) in [6.45, 7) is 14.9. The van der Waals surface area contributed by atoms with Crippen molar-refractivity contribution in [3.63, 3.8) is 0 Å². The van der Waals surface area contributed by atoms with Gasteiger partial charge >= 0.3 is 0 Å². The molecule has 32 heavy (non-hydrogen) atoms. The van der Waals surface area contributed by atoms with Crippen LogP contribution in [0.1, 0.15) is 92.9 Å². The number of aliphatic hydroxyl groups excluding tert-OH is 1. The third-order valence-corrected chi connectivity index (χ3v) is 12.6. The van der Waals surface area contributed by atoms with Gasteiger partial charge in [0.1, 0.15) is 11.2 Å². The molecule has 0 radical (unpaired) electrons. The summed E-state index contributed by atoms with van der Waals surface area (Å²) in [5, 5.41) is 10.4. The Balaban J connectivity index is 1.29.